The Labute approximate surface area is 111 Å². The summed E-state index contributed by atoms with van der Waals surface area (Å²) in [5.41, 5.74) is 0. The molecule has 1 aliphatic rings. The van der Waals surface area contributed by atoms with Crippen LogP contribution < -0.4 is 10.1 Å². The van der Waals surface area contributed by atoms with Crippen molar-refractivity contribution < 1.29 is 19.0 Å². The summed E-state index contributed by atoms with van der Waals surface area (Å²) in [5.74, 6) is 0.126. The lowest BCUT2D eigenvalue weighted by atomic mass is 10.2. The van der Waals surface area contributed by atoms with E-state index in [1.807, 2.05) is 0 Å². The molecule has 0 spiro atoms. The second-order valence-corrected chi connectivity index (χ2v) is 4.86. The fourth-order valence-corrected chi connectivity index (χ4v) is 1.77. The lowest BCUT2D eigenvalue weighted by Crippen LogP contribution is -2.40. The number of nitrogens with one attached hydrogen (secondary N) is 1. The van der Waals surface area contributed by atoms with Crippen molar-refractivity contribution in [1.29, 1.82) is 0 Å². The van der Waals surface area contributed by atoms with Crippen LogP contribution >= 0.6 is 0 Å². The number of hydrogen-bond acceptors (Lipinski definition) is 3. The first-order valence-electron chi connectivity index (χ1n) is 6.44. The maximum absolute atomic E-state index is 12.7. The minimum Gasteiger partial charge on any atom is -0.481 e. The minimum absolute atomic E-state index is 0.251. The van der Waals surface area contributed by atoms with Crippen molar-refractivity contribution in [3.8, 4) is 5.75 Å². The van der Waals surface area contributed by atoms with Gasteiger partial charge in [-0.1, -0.05) is 0 Å². The first-order chi connectivity index (χ1) is 9.06. The number of ether oxygens (including phenoxy) is 1. The van der Waals surface area contributed by atoms with E-state index in [-0.39, 0.29) is 18.3 Å². The van der Waals surface area contributed by atoms with E-state index in [0.29, 0.717) is 11.7 Å². The Hall–Kier alpha value is -1.62. The molecule has 2 atom stereocenters. The lowest BCUT2D eigenvalue weighted by Gasteiger charge is -2.16. The van der Waals surface area contributed by atoms with Crippen molar-refractivity contribution in [1.82, 2.24) is 5.32 Å². The number of aliphatic hydroxyl groups is 1. The predicted molar refractivity (Wildman–Crippen MR) is 68.2 cm³/mol. The van der Waals surface area contributed by atoms with Crippen molar-refractivity contribution in [3.63, 3.8) is 0 Å². The van der Waals surface area contributed by atoms with Crippen LogP contribution in [0, 0.1) is 11.7 Å². The van der Waals surface area contributed by atoms with Crippen molar-refractivity contribution in [3.05, 3.63) is 30.1 Å². The van der Waals surface area contributed by atoms with Gasteiger partial charge in [0, 0.05) is 6.54 Å². The average Bonchev–Trinajstić information content (AvgIpc) is 3.22. The standard InChI is InChI=1S/C14H18FNO3/c1-9(19-12-6-4-11(15)5-7-12)14(18)16-8-13(17)10-2-3-10/h4-7,9-10,13,17H,2-3,8H2,1H3,(H,16,18). The van der Waals surface area contributed by atoms with Crippen molar-refractivity contribution in [2.45, 2.75) is 32.0 Å². The van der Waals surface area contributed by atoms with E-state index in [1.165, 1.54) is 24.3 Å². The van der Waals surface area contributed by atoms with E-state index in [4.69, 9.17) is 4.74 Å². The number of amides is 1. The van der Waals surface area contributed by atoms with E-state index in [0.717, 1.165) is 12.8 Å². The molecule has 4 nitrogen and oxygen atoms in total. The Morgan fingerprint density at radius 2 is 2.11 bits per heavy atom. The van der Waals surface area contributed by atoms with E-state index in [2.05, 4.69) is 5.32 Å². The van der Waals surface area contributed by atoms with Gasteiger partial charge in [-0.2, -0.15) is 0 Å². The number of hydrogen-bond donors (Lipinski definition) is 2. The molecular formula is C14H18FNO3. The van der Waals surface area contributed by atoms with Gasteiger partial charge in [-0.3, -0.25) is 4.79 Å². The SMILES string of the molecule is CC(Oc1ccc(F)cc1)C(=O)NCC(O)C1CC1. The average molecular weight is 267 g/mol. The minimum atomic E-state index is -0.683. The summed E-state index contributed by atoms with van der Waals surface area (Å²) in [6.45, 7) is 1.86. The summed E-state index contributed by atoms with van der Waals surface area (Å²) in [7, 11) is 0. The van der Waals surface area contributed by atoms with Gasteiger partial charge in [0.25, 0.3) is 5.91 Å². The summed E-state index contributed by atoms with van der Waals surface area (Å²) >= 11 is 0. The summed E-state index contributed by atoms with van der Waals surface area (Å²) < 4.78 is 18.1. The lowest BCUT2D eigenvalue weighted by molar-refractivity contribution is -0.127. The third kappa shape index (κ3) is 4.21. The maximum atomic E-state index is 12.7. The highest BCUT2D eigenvalue weighted by Gasteiger charge is 2.30. The predicted octanol–water partition coefficient (Wildman–Crippen LogP) is 1.48. The Kier molecular flexibility index (Phi) is 4.37. The molecule has 2 unspecified atom stereocenters. The molecule has 104 valence electrons. The van der Waals surface area contributed by atoms with Gasteiger partial charge in [0.1, 0.15) is 11.6 Å². The molecule has 1 saturated carbocycles. The topological polar surface area (TPSA) is 58.6 Å². The molecule has 1 aromatic carbocycles. The Balaban J connectivity index is 1.76. The van der Waals surface area contributed by atoms with Crippen LogP contribution in [-0.2, 0) is 4.79 Å². The molecule has 0 heterocycles. The number of carbonyl (C=O) groups excluding carboxylic acids is 1. The van der Waals surface area contributed by atoms with Gasteiger partial charge in [-0.15, -0.1) is 0 Å². The van der Waals surface area contributed by atoms with Crippen molar-refractivity contribution >= 4 is 5.91 Å². The Morgan fingerprint density at radius 1 is 1.47 bits per heavy atom. The zero-order chi connectivity index (χ0) is 13.8. The number of halogens is 1. The summed E-state index contributed by atoms with van der Waals surface area (Å²) in [4.78, 5) is 11.7. The largest absolute Gasteiger partial charge is 0.481 e. The van der Waals surface area contributed by atoms with Gasteiger partial charge >= 0.3 is 0 Å². The molecular weight excluding hydrogens is 249 g/mol. The molecule has 0 aromatic heterocycles. The molecule has 2 N–H and O–H groups in total. The monoisotopic (exact) mass is 267 g/mol. The van der Waals surface area contributed by atoms with Gasteiger partial charge in [0.15, 0.2) is 6.10 Å². The summed E-state index contributed by atoms with van der Waals surface area (Å²) in [5, 5.41) is 12.3. The van der Waals surface area contributed by atoms with Crippen LogP contribution in [0.25, 0.3) is 0 Å². The summed E-state index contributed by atoms with van der Waals surface area (Å²) in [6, 6.07) is 5.49. The first-order valence-corrected chi connectivity index (χ1v) is 6.44. The molecule has 19 heavy (non-hydrogen) atoms. The zero-order valence-corrected chi connectivity index (χ0v) is 10.8. The molecule has 5 heteroatoms. The molecule has 1 amide bonds. The molecule has 1 aliphatic carbocycles. The molecule has 0 saturated heterocycles. The van der Waals surface area contributed by atoms with Gasteiger partial charge in [0.05, 0.1) is 6.10 Å². The Bertz CT molecular complexity index is 431. The smallest absolute Gasteiger partial charge is 0.260 e. The van der Waals surface area contributed by atoms with E-state index in [9.17, 15) is 14.3 Å². The van der Waals surface area contributed by atoms with Crippen LogP contribution in [-0.4, -0.2) is 29.8 Å². The van der Waals surface area contributed by atoms with Gasteiger partial charge in [0.2, 0.25) is 0 Å². The van der Waals surface area contributed by atoms with Crippen LogP contribution in [0.2, 0.25) is 0 Å². The normalized spacial score (nSPS) is 17.6. The number of rotatable bonds is 6. The second kappa shape index (κ2) is 6.02. The molecule has 1 fully saturated rings. The fraction of sp³-hybridized carbons (Fsp3) is 0.500. The van der Waals surface area contributed by atoms with Crippen LogP contribution in [0.3, 0.4) is 0 Å². The highest BCUT2D eigenvalue weighted by Crippen LogP contribution is 2.32. The quantitative estimate of drug-likeness (QED) is 0.820. The highest BCUT2D eigenvalue weighted by atomic mass is 19.1. The summed E-state index contributed by atoms with van der Waals surface area (Å²) in [6.07, 6.45) is 0.899. The van der Waals surface area contributed by atoms with Gasteiger partial charge < -0.3 is 15.2 Å². The zero-order valence-electron chi connectivity index (χ0n) is 10.8. The Morgan fingerprint density at radius 3 is 2.68 bits per heavy atom. The molecule has 0 aliphatic heterocycles. The maximum Gasteiger partial charge on any atom is 0.260 e. The van der Waals surface area contributed by atoms with E-state index in [1.54, 1.807) is 6.92 Å². The third-order valence-electron chi connectivity index (χ3n) is 3.15. The number of aliphatic hydroxyl groups excluding tert-OH is 1. The second-order valence-electron chi connectivity index (χ2n) is 4.86. The van der Waals surface area contributed by atoms with E-state index >= 15 is 0 Å². The van der Waals surface area contributed by atoms with Crippen molar-refractivity contribution in [2.24, 2.45) is 5.92 Å². The number of benzene rings is 1. The molecule has 0 radical (unpaired) electrons. The van der Waals surface area contributed by atoms with Gasteiger partial charge in [-0.05, 0) is 49.9 Å². The molecule has 1 aromatic rings. The fourth-order valence-electron chi connectivity index (χ4n) is 1.77. The third-order valence-corrected chi connectivity index (χ3v) is 3.15. The molecule has 0 bridgehead atoms. The number of carbonyl (C=O) groups is 1. The van der Waals surface area contributed by atoms with Crippen LogP contribution in [0.4, 0.5) is 4.39 Å². The van der Waals surface area contributed by atoms with Crippen LogP contribution in [0.1, 0.15) is 19.8 Å². The van der Waals surface area contributed by atoms with Crippen LogP contribution in [0.5, 0.6) is 5.75 Å². The van der Waals surface area contributed by atoms with Crippen LogP contribution in [0.15, 0.2) is 24.3 Å². The van der Waals surface area contributed by atoms with Crippen molar-refractivity contribution in [2.75, 3.05) is 6.54 Å². The van der Waals surface area contributed by atoms with Gasteiger partial charge in [-0.25, -0.2) is 4.39 Å². The van der Waals surface area contributed by atoms with E-state index < -0.39 is 12.2 Å². The highest BCUT2D eigenvalue weighted by molar-refractivity contribution is 5.80. The first kappa shape index (κ1) is 13.8. The molecule has 2 rings (SSSR count).